The highest BCUT2D eigenvalue weighted by atomic mass is 32.1. The van der Waals surface area contributed by atoms with Crippen LogP contribution in [0.1, 0.15) is 28.2 Å². The Kier molecular flexibility index (Phi) is 3.86. The molecular weight excluding hydrogens is 322 g/mol. The summed E-state index contributed by atoms with van der Waals surface area (Å²) in [6.45, 7) is 3.13. The molecule has 0 N–H and O–H groups in total. The minimum Gasteiger partial charge on any atom is -0.306 e. The van der Waals surface area contributed by atoms with Crippen LogP contribution in [0.5, 0.6) is 0 Å². The Morgan fingerprint density at radius 1 is 1.29 bits per heavy atom. The number of anilines is 1. The van der Waals surface area contributed by atoms with Crippen LogP contribution in [0.4, 0.5) is 5.69 Å². The van der Waals surface area contributed by atoms with E-state index in [4.69, 9.17) is 0 Å². The first kappa shape index (κ1) is 15.0. The van der Waals surface area contributed by atoms with E-state index >= 15 is 0 Å². The van der Waals surface area contributed by atoms with Crippen LogP contribution in [0.3, 0.4) is 0 Å². The van der Waals surface area contributed by atoms with Crippen molar-refractivity contribution in [3.63, 3.8) is 0 Å². The molecule has 24 heavy (non-hydrogen) atoms. The third-order valence-corrected chi connectivity index (χ3v) is 5.33. The Hall–Kier alpha value is -2.54. The number of nitrogens with zero attached hydrogens (tertiary/aromatic N) is 5. The molecule has 0 aliphatic carbocycles. The van der Waals surface area contributed by atoms with Gasteiger partial charge in [0.2, 0.25) is 5.91 Å². The molecule has 1 aliphatic heterocycles. The Morgan fingerprint density at radius 3 is 3.00 bits per heavy atom. The molecule has 7 heteroatoms. The van der Waals surface area contributed by atoms with Crippen molar-refractivity contribution in [2.24, 2.45) is 0 Å². The number of thiazole rings is 1. The summed E-state index contributed by atoms with van der Waals surface area (Å²) < 4.78 is 1.86. The molecule has 1 aromatic carbocycles. The third kappa shape index (κ3) is 2.71. The molecule has 4 rings (SSSR count). The van der Waals surface area contributed by atoms with Gasteiger partial charge in [-0.2, -0.15) is 0 Å². The number of aromatic nitrogens is 4. The summed E-state index contributed by atoms with van der Waals surface area (Å²) in [7, 11) is 0. The zero-order valence-corrected chi connectivity index (χ0v) is 14.2. The fourth-order valence-corrected chi connectivity index (χ4v) is 3.78. The van der Waals surface area contributed by atoms with E-state index in [2.05, 4.69) is 15.3 Å². The summed E-state index contributed by atoms with van der Waals surface area (Å²) >= 11 is 1.61. The molecule has 0 unspecified atom stereocenters. The lowest BCUT2D eigenvalue weighted by Crippen LogP contribution is -2.30. The summed E-state index contributed by atoms with van der Waals surface area (Å²) in [5.74, 6) is 0.116. The third-order valence-electron chi connectivity index (χ3n) is 4.33. The minimum absolute atomic E-state index is 0.116. The highest BCUT2D eigenvalue weighted by molar-refractivity contribution is 7.09. The van der Waals surface area contributed by atoms with Crippen LogP contribution in [-0.2, 0) is 24.3 Å². The molecule has 6 nitrogen and oxygen atoms in total. The van der Waals surface area contributed by atoms with E-state index in [1.54, 1.807) is 17.5 Å². The average Bonchev–Trinajstić information content (AvgIpc) is 3.17. The lowest BCUT2D eigenvalue weighted by molar-refractivity contribution is -0.118. The smallest absolute Gasteiger partial charge is 0.227 e. The lowest BCUT2D eigenvalue weighted by atomic mass is 10.1. The Labute approximate surface area is 143 Å². The topological polar surface area (TPSA) is 63.9 Å². The zero-order chi connectivity index (χ0) is 16.5. The minimum atomic E-state index is 0.116. The van der Waals surface area contributed by atoms with Crippen molar-refractivity contribution in [1.29, 1.82) is 0 Å². The number of rotatable bonds is 3. The van der Waals surface area contributed by atoms with E-state index in [0.717, 1.165) is 29.1 Å². The first-order valence-corrected chi connectivity index (χ1v) is 8.75. The summed E-state index contributed by atoms with van der Waals surface area (Å²) in [4.78, 5) is 20.2. The van der Waals surface area contributed by atoms with E-state index in [9.17, 15) is 4.79 Å². The van der Waals surface area contributed by atoms with E-state index in [-0.39, 0.29) is 5.91 Å². The molecule has 3 aromatic rings. The fraction of sp³-hybridized carbons (Fsp3) is 0.294. The highest BCUT2D eigenvalue weighted by Crippen LogP contribution is 2.27. The van der Waals surface area contributed by atoms with Crippen LogP contribution < -0.4 is 4.90 Å². The molecule has 0 saturated carbocycles. The zero-order valence-electron chi connectivity index (χ0n) is 13.3. The number of amides is 1. The van der Waals surface area contributed by atoms with E-state index in [1.165, 1.54) is 4.88 Å². The van der Waals surface area contributed by atoms with Crippen molar-refractivity contribution in [2.75, 3.05) is 4.90 Å². The van der Waals surface area contributed by atoms with Gasteiger partial charge in [0.1, 0.15) is 0 Å². The summed E-state index contributed by atoms with van der Waals surface area (Å²) in [5.41, 5.74) is 5.86. The van der Waals surface area contributed by atoms with Gasteiger partial charge in [0.25, 0.3) is 0 Å². The second-order valence-electron chi connectivity index (χ2n) is 5.85. The van der Waals surface area contributed by atoms with Gasteiger partial charge >= 0.3 is 0 Å². The van der Waals surface area contributed by atoms with Gasteiger partial charge < -0.3 is 4.90 Å². The van der Waals surface area contributed by atoms with Gasteiger partial charge in [-0.15, -0.1) is 16.4 Å². The van der Waals surface area contributed by atoms with Crippen LogP contribution in [0.15, 0.2) is 36.0 Å². The largest absolute Gasteiger partial charge is 0.306 e. The van der Waals surface area contributed by atoms with Crippen LogP contribution in [0, 0.1) is 6.92 Å². The van der Waals surface area contributed by atoms with Crippen LogP contribution >= 0.6 is 11.3 Å². The van der Waals surface area contributed by atoms with Gasteiger partial charge in [-0.3, -0.25) is 4.79 Å². The van der Waals surface area contributed by atoms with Crippen molar-refractivity contribution < 1.29 is 4.79 Å². The summed E-state index contributed by atoms with van der Waals surface area (Å²) in [6.07, 6.45) is 2.93. The van der Waals surface area contributed by atoms with Gasteiger partial charge in [-0.05, 0) is 25.0 Å². The molecule has 0 radical (unpaired) electrons. The molecular formula is C17H17N5OS. The molecule has 0 spiro atoms. The Balaban J connectivity index is 1.61. The second-order valence-corrected chi connectivity index (χ2v) is 6.79. The number of carbonyl (C=O) groups excluding carboxylic acids is 1. The lowest BCUT2D eigenvalue weighted by Gasteiger charge is -2.22. The van der Waals surface area contributed by atoms with E-state index in [1.807, 2.05) is 46.3 Å². The highest BCUT2D eigenvalue weighted by Gasteiger charge is 2.24. The summed E-state index contributed by atoms with van der Waals surface area (Å²) in [5, 5.41) is 8.11. The quantitative estimate of drug-likeness (QED) is 0.736. The van der Waals surface area contributed by atoms with Gasteiger partial charge in [-0.25, -0.2) is 9.67 Å². The summed E-state index contributed by atoms with van der Waals surface area (Å²) in [6, 6.07) is 8.01. The number of aryl methyl sites for hydroxylation is 2. The first-order chi connectivity index (χ1) is 11.7. The van der Waals surface area contributed by atoms with E-state index in [0.29, 0.717) is 19.5 Å². The second kappa shape index (κ2) is 6.16. The maximum atomic E-state index is 12.9. The van der Waals surface area contributed by atoms with Gasteiger partial charge in [-0.1, -0.05) is 23.4 Å². The number of hydrogen-bond acceptors (Lipinski definition) is 5. The van der Waals surface area contributed by atoms with Crippen molar-refractivity contribution in [2.45, 2.75) is 32.9 Å². The number of fused-ring (bicyclic) bond motifs is 2. The molecule has 0 atom stereocenters. The van der Waals surface area contributed by atoms with Crippen molar-refractivity contribution in [3.8, 4) is 0 Å². The molecule has 0 fully saturated rings. The van der Waals surface area contributed by atoms with Gasteiger partial charge in [0.15, 0.2) is 0 Å². The Bertz CT molecular complexity index is 885. The van der Waals surface area contributed by atoms with Gasteiger partial charge in [0, 0.05) is 17.0 Å². The first-order valence-electron chi connectivity index (χ1n) is 7.87. The maximum absolute atomic E-state index is 12.9. The predicted octanol–water partition coefficient (Wildman–Crippen LogP) is 2.57. The molecule has 0 bridgehead atoms. The van der Waals surface area contributed by atoms with Crippen LogP contribution in [0.25, 0.3) is 0 Å². The normalized spacial score (nSPS) is 13.3. The van der Waals surface area contributed by atoms with Crippen LogP contribution in [0.2, 0.25) is 0 Å². The standard InChI is InChI=1S/C17H17N5OS/c1-12-16(24-11-18-12)6-7-17(23)21-10-14-8-19-20-22(14)9-13-4-2-3-5-15(13)21/h2-5,8,11H,6-7,9-10H2,1H3. The molecule has 2 aromatic heterocycles. The number of carbonyl (C=O) groups is 1. The van der Waals surface area contributed by atoms with Crippen molar-refractivity contribution >= 4 is 22.9 Å². The van der Waals surface area contributed by atoms with Crippen LogP contribution in [-0.4, -0.2) is 25.9 Å². The number of hydrogen-bond donors (Lipinski definition) is 0. The van der Waals surface area contributed by atoms with Crippen molar-refractivity contribution in [1.82, 2.24) is 20.0 Å². The van der Waals surface area contributed by atoms with E-state index < -0.39 is 0 Å². The number of benzene rings is 1. The number of para-hydroxylation sites is 1. The molecule has 3 heterocycles. The average molecular weight is 339 g/mol. The SMILES string of the molecule is Cc1ncsc1CCC(=O)N1Cc2cnnn2Cc2ccccc21. The molecule has 1 amide bonds. The Morgan fingerprint density at radius 2 is 2.17 bits per heavy atom. The van der Waals surface area contributed by atoms with Gasteiger partial charge in [0.05, 0.1) is 36.2 Å². The molecule has 122 valence electrons. The maximum Gasteiger partial charge on any atom is 0.227 e. The predicted molar refractivity (Wildman–Crippen MR) is 91.9 cm³/mol. The fourth-order valence-electron chi connectivity index (χ4n) is 2.99. The molecule has 0 saturated heterocycles. The van der Waals surface area contributed by atoms with Crippen molar-refractivity contribution in [3.05, 3.63) is 57.8 Å². The monoisotopic (exact) mass is 339 g/mol. The molecule has 1 aliphatic rings.